The molecule has 2 saturated heterocycles. The summed E-state index contributed by atoms with van der Waals surface area (Å²) in [6.07, 6.45) is -0.246. The van der Waals surface area contributed by atoms with Gasteiger partial charge in [0.25, 0.3) is 0 Å². The molecule has 2 aliphatic rings. The minimum absolute atomic E-state index is 0.185. The maximum atomic E-state index is 13.9. The summed E-state index contributed by atoms with van der Waals surface area (Å²) >= 11 is 0. The first kappa shape index (κ1) is 27.6. The minimum atomic E-state index is -1.34. The van der Waals surface area contributed by atoms with Gasteiger partial charge in [0.1, 0.15) is 23.7 Å². The number of primary amides is 1. The van der Waals surface area contributed by atoms with Crippen molar-refractivity contribution in [1.82, 2.24) is 15.1 Å². The van der Waals surface area contributed by atoms with Gasteiger partial charge in [-0.15, -0.1) is 0 Å². The second kappa shape index (κ2) is 11.4. The van der Waals surface area contributed by atoms with Crippen molar-refractivity contribution in [2.45, 2.75) is 81.8 Å². The van der Waals surface area contributed by atoms with Crippen LogP contribution in [-0.4, -0.2) is 92.6 Å². The fourth-order valence-corrected chi connectivity index (χ4v) is 5.20. The van der Waals surface area contributed by atoms with Gasteiger partial charge in [0.2, 0.25) is 23.6 Å². The van der Waals surface area contributed by atoms with E-state index in [1.54, 1.807) is 0 Å². The van der Waals surface area contributed by atoms with Crippen molar-refractivity contribution >= 4 is 23.6 Å². The standard InChI is InChI=1S/C25H37N5O6/c1-15(31)19(26)23(35)29-12-6-10-18(29)22(34)30-13-7-11-25(30,14-17-8-4-3-5-9-17)24(36)28-20(16(2)32)21(27)33/h3-5,8-9,15-16,18-20,31-32H,6-7,10-14,26H2,1-2H3,(H2,27,33)(H,28,36)/t15?,16?,18-,19?,20?,25+/m0/s1. The zero-order chi connectivity index (χ0) is 26.6. The third-order valence-corrected chi connectivity index (χ3v) is 7.22. The van der Waals surface area contributed by atoms with E-state index in [2.05, 4.69) is 5.32 Å². The van der Waals surface area contributed by atoms with Gasteiger partial charge in [0.15, 0.2) is 0 Å². The monoisotopic (exact) mass is 503 g/mol. The Morgan fingerprint density at radius 3 is 2.33 bits per heavy atom. The van der Waals surface area contributed by atoms with Crippen molar-refractivity contribution in [2.24, 2.45) is 11.5 Å². The van der Waals surface area contributed by atoms with Crippen LogP contribution in [0, 0.1) is 0 Å². The molecule has 4 unspecified atom stereocenters. The van der Waals surface area contributed by atoms with Crippen LogP contribution in [0.3, 0.4) is 0 Å². The van der Waals surface area contributed by atoms with Crippen LogP contribution < -0.4 is 16.8 Å². The highest BCUT2D eigenvalue weighted by Crippen LogP contribution is 2.36. The summed E-state index contributed by atoms with van der Waals surface area (Å²) in [5.41, 5.74) is 10.8. The van der Waals surface area contributed by atoms with Crippen LogP contribution in [0.2, 0.25) is 0 Å². The number of amides is 4. The molecule has 11 heteroatoms. The highest BCUT2D eigenvalue weighted by atomic mass is 16.3. The fraction of sp³-hybridized carbons (Fsp3) is 0.600. The molecule has 0 aromatic heterocycles. The molecule has 2 aliphatic heterocycles. The van der Waals surface area contributed by atoms with Crippen LogP contribution in [0.5, 0.6) is 0 Å². The molecule has 7 N–H and O–H groups in total. The van der Waals surface area contributed by atoms with Crippen molar-refractivity contribution in [3.8, 4) is 0 Å². The maximum Gasteiger partial charge on any atom is 0.247 e. The van der Waals surface area contributed by atoms with E-state index in [-0.39, 0.29) is 18.9 Å². The van der Waals surface area contributed by atoms with Crippen LogP contribution in [0.15, 0.2) is 30.3 Å². The van der Waals surface area contributed by atoms with Gasteiger partial charge in [-0.3, -0.25) is 19.2 Å². The first-order valence-corrected chi connectivity index (χ1v) is 12.4. The summed E-state index contributed by atoms with van der Waals surface area (Å²) in [6.45, 7) is 3.39. The van der Waals surface area contributed by atoms with Gasteiger partial charge in [-0.2, -0.15) is 0 Å². The number of aliphatic hydroxyl groups excluding tert-OH is 2. The SMILES string of the molecule is CC(O)C(N)C(=O)N1CCC[C@H]1C(=O)N1CCC[C@@]1(Cc1ccccc1)C(=O)NC(C(N)=O)C(C)O. The Balaban J connectivity index is 1.96. The Bertz CT molecular complexity index is 971. The molecule has 0 saturated carbocycles. The van der Waals surface area contributed by atoms with Crippen molar-refractivity contribution in [2.75, 3.05) is 13.1 Å². The van der Waals surface area contributed by atoms with Gasteiger partial charge in [0.05, 0.1) is 12.2 Å². The molecule has 6 atom stereocenters. The predicted molar refractivity (Wildman–Crippen MR) is 131 cm³/mol. The lowest BCUT2D eigenvalue weighted by molar-refractivity contribution is -0.152. The number of nitrogens with one attached hydrogen (secondary N) is 1. The first-order valence-electron chi connectivity index (χ1n) is 12.4. The lowest BCUT2D eigenvalue weighted by atomic mass is 9.86. The Kier molecular flexibility index (Phi) is 8.70. The van der Waals surface area contributed by atoms with E-state index >= 15 is 0 Å². The van der Waals surface area contributed by atoms with Crippen LogP contribution in [0.25, 0.3) is 0 Å². The highest BCUT2D eigenvalue weighted by Gasteiger charge is 2.53. The van der Waals surface area contributed by atoms with Crippen molar-refractivity contribution in [3.05, 3.63) is 35.9 Å². The van der Waals surface area contributed by atoms with Gasteiger partial charge in [0, 0.05) is 19.5 Å². The maximum absolute atomic E-state index is 13.9. The molecule has 1 aromatic rings. The lowest BCUT2D eigenvalue weighted by Gasteiger charge is -2.41. The lowest BCUT2D eigenvalue weighted by Crippen LogP contribution is -2.65. The van der Waals surface area contributed by atoms with Crippen LogP contribution in [0.4, 0.5) is 0 Å². The summed E-state index contributed by atoms with van der Waals surface area (Å²) in [6, 6.07) is 5.92. The fourth-order valence-electron chi connectivity index (χ4n) is 5.20. The number of hydrogen-bond donors (Lipinski definition) is 5. The van der Waals surface area contributed by atoms with Crippen LogP contribution in [-0.2, 0) is 25.6 Å². The minimum Gasteiger partial charge on any atom is -0.391 e. The molecular formula is C25H37N5O6. The molecule has 198 valence electrons. The summed E-state index contributed by atoms with van der Waals surface area (Å²) in [7, 11) is 0. The Morgan fingerprint density at radius 2 is 1.75 bits per heavy atom. The van der Waals surface area contributed by atoms with Crippen LogP contribution >= 0.6 is 0 Å². The van der Waals surface area contributed by atoms with E-state index in [0.29, 0.717) is 32.2 Å². The predicted octanol–water partition coefficient (Wildman–Crippen LogP) is -1.36. The number of carbonyl (C=O) groups excluding carboxylic acids is 4. The number of rotatable bonds is 9. The first-order chi connectivity index (χ1) is 17.0. The summed E-state index contributed by atoms with van der Waals surface area (Å²) in [5.74, 6) is -2.36. The number of nitrogens with two attached hydrogens (primary N) is 2. The van der Waals surface area contributed by atoms with Gasteiger partial charge < -0.3 is 36.8 Å². The summed E-state index contributed by atoms with van der Waals surface area (Å²) in [5, 5.41) is 22.4. The number of likely N-dealkylation sites (tertiary alicyclic amines) is 2. The molecule has 0 bridgehead atoms. The Morgan fingerprint density at radius 1 is 1.08 bits per heavy atom. The van der Waals surface area contributed by atoms with Gasteiger partial charge >= 0.3 is 0 Å². The number of aliphatic hydroxyl groups is 2. The Labute approximate surface area is 210 Å². The van der Waals surface area contributed by atoms with E-state index in [1.807, 2.05) is 30.3 Å². The number of hydrogen-bond acceptors (Lipinski definition) is 7. The number of benzene rings is 1. The van der Waals surface area contributed by atoms with Crippen molar-refractivity contribution < 1.29 is 29.4 Å². The van der Waals surface area contributed by atoms with Crippen LogP contribution in [0.1, 0.15) is 45.1 Å². The molecule has 0 radical (unpaired) electrons. The third-order valence-electron chi connectivity index (χ3n) is 7.22. The summed E-state index contributed by atoms with van der Waals surface area (Å²) < 4.78 is 0. The van der Waals surface area contributed by atoms with E-state index in [1.165, 1.54) is 23.6 Å². The molecule has 36 heavy (non-hydrogen) atoms. The quantitative estimate of drug-likeness (QED) is 0.276. The van der Waals surface area contributed by atoms with Crippen molar-refractivity contribution in [1.29, 1.82) is 0 Å². The third kappa shape index (κ3) is 5.53. The largest absolute Gasteiger partial charge is 0.391 e. The second-order valence-electron chi connectivity index (χ2n) is 9.84. The highest BCUT2D eigenvalue weighted by molar-refractivity contribution is 5.98. The molecule has 3 rings (SSSR count). The molecule has 0 spiro atoms. The molecular weight excluding hydrogens is 466 g/mol. The van der Waals surface area contributed by atoms with Gasteiger partial charge in [-0.1, -0.05) is 30.3 Å². The zero-order valence-electron chi connectivity index (χ0n) is 20.8. The van der Waals surface area contributed by atoms with E-state index in [9.17, 15) is 29.4 Å². The normalized spacial score (nSPS) is 25.2. The molecule has 1 aromatic carbocycles. The molecule has 0 aliphatic carbocycles. The molecule has 4 amide bonds. The van der Waals surface area contributed by atoms with E-state index in [4.69, 9.17) is 11.5 Å². The molecule has 2 heterocycles. The summed E-state index contributed by atoms with van der Waals surface area (Å²) in [4.78, 5) is 55.4. The van der Waals surface area contributed by atoms with E-state index < -0.39 is 53.6 Å². The molecule has 11 nitrogen and oxygen atoms in total. The zero-order valence-corrected chi connectivity index (χ0v) is 20.8. The smallest absolute Gasteiger partial charge is 0.247 e. The average Bonchev–Trinajstić information content (AvgIpc) is 3.49. The van der Waals surface area contributed by atoms with Crippen molar-refractivity contribution in [3.63, 3.8) is 0 Å². The average molecular weight is 504 g/mol. The second-order valence-corrected chi connectivity index (χ2v) is 9.84. The van der Waals surface area contributed by atoms with Gasteiger partial charge in [-0.25, -0.2) is 0 Å². The molecule has 2 fully saturated rings. The topological polar surface area (TPSA) is 179 Å². The number of carbonyl (C=O) groups is 4. The Hall–Kier alpha value is -3.02. The van der Waals surface area contributed by atoms with Gasteiger partial charge in [-0.05, 0) is 45.1 Å². The van der Waals surface area contributed by atoms with E-state index in [0.717, 1.165) is 5.56 Å². The number of nitrogens with zero attached hydrogens (tertiary/aromatic N) is 2.